The van der Waals surface area contributed by atoms with Crippen LogP contribution in [0.5, 0.6) is 0 Å². The number of carboxylic acids is 1. The molecule has 0 aromatic rings. The molecule has 0 spiro atoms. The molecular formula is C8H10O4. The van der Waals surface area contributed by atoms with Gasteiger partial charge in [0.2, 0.25) is 0 Å². The minimum absolute atomic E-state index is 0.0150. The molecule has 0 radical (unpaired) electrons. The molecule has 66 valence electrons. The monoisotopic (exact) mass is 170 g/mol. The summed E-state index contributed by atoms with van der Waals surface area (Å²) in [6.45, 7) is 1.82. The van der Waals surface area contributed by atoms with Gasteiger partial charge in [0.05, 0.1) is 6.42 Å². The number of carboxylic acid groups (broad SMARTS) is 1. The van der Waals surface area contributed by atoms with Crippen molar-refractivity contribution in [3.63, 3.8) is 0 Å². The van der Waals surface area contributed by atoms with E-state index in [0.29, 0.717) is 0 Å². The number of carbonyl (C=O) groups is 2. The molecule has 0 saturated heterocycles. The third-order valence-electron chi connectivity index (χ3n) is 1.77. The fourth-order valence-corrected chi connectivity index (χ4v) is 1.05. The summed E-state index contributed by atoms with van der Waals surface area (Å²) in [5, 5.41) is 8.45. The summed E-state index contributed by atoms with van der Waals surface area (Å²) in [6.07, 6.45) is 2.35. The van der Waals surface area contributed by atoms with Crippen LogP contribution in [0.4, 0.5) is 0 Å². The summed E-state index contributed by atoms with van der Waals surface area (Å²) in [6, 6.07) is 0. The second-order valence-electron chi connectivity index (χ2n) is 2.79. The minimum Gasteiger partial charge on any atom is -0.481 e. The number of rotatable bonds is 2. The first-order valence-corrected chi connectivity index (χ1v) is 3.70. The van der Waals surface area contributed by atoms with Crippen molar-refractivity contribution in [2.24, 2.45) is 5.92 Å². The van der Waals surface area contributed by atoms with Gasteiger partial charge < -0.3 is 9.84 Å². The highest BCUT2D eigenvalue weighted by molar-refractivity contribution is 5.83. The van der Waals surface area contributed by atoms with E-state index < -0.39 is 18.0 Å². The van der Waals surface area contributed by atoms with E-state index in [1.807, 2.05) is 6.92 Å². The Morgan fingerprint density at radius 2 is 2.42 bits per heavy atom. The molecule has 0 fully saturated rings. The van der Waals surface area contributed by atoms with Crippen LogP contribution in [-0.2, 0) is 14.3 Å². The van der Waals surface area contributed by atoms with Crippen LogP contribution >= 0.6 is 0 Å². The minimum atomic E-state index is -0.949. The van der Waals surface area contributed by atoms with Crippen LogP contribution in [0.25, 0.3) is 0 Å². The average molecular weight is 170 g/mol. The average Bonchev–Trinajstić information content (AvgIpc) is 1.96. The van der Waals surface area contributed by atoms with Gasteiger partial charge in [0.1, 0.15) is 6.10 Å². The number of hydrogen-bond donors (Lipinski definition) is 1. The first-order chi connectivity index (χ1) is 5.59. The standard InChI is InChI=1S/C8H10O4/c1-5-2-3-8(11)12-6(5)4-7(9)10/h2-3,5-6H,4H2,1H3,(H,9,10)/t5-,6?/m1/s1. The zero-order chi connectivity index (χ0) is 9.14. The Balaban J connectivity index is 2.59. The van der Waals surface area contributed by atoms with Crippen LogP contribution < -0.4 is 0 Å². The van der Waals surface area contributed by atoms with Crippen molar-refractivity contribution in [1.82, 2.24) is 0 Å². The van der Waals surface area contributed by atoms with Crippen LogP contribution in [0.1, 0.15) is 13.3 Å². The lowest BCUT2D eigenvalue weighted by atomic mass is 9.99. The Kier molecular flexibility index (Phi) is 2.47. The normalized spacial score (nSPS) is 28.2. The molecule has 0 saturated carbocycles. The van der Waals surface area contributed by atoms with E-state index in [2.05, 4.69) is 0 Å². The maximum atomic E-state index is 10.7. The fraction of sp³-hybridized carbons (Fsp3) is 0.500. The summed E-state index contributed by atoms with van der Waals surface area (Å²) in [5.41, 5.74) is 0. The van der Waals surface area contributed by atoms with E-state index in [4.69, 9.17) is 9.84 Å². The molecule has 1 aliphatic rings. The van der Waals surface area contributed by atoms with Crippen molar-refractivity contribution in [2.75, 3.05) is 0 Å². The number of aliphatic carboxylic acids is 1. The molecule has 0 bridgehead atoms. The number of carbonyl (C=O) groups excluding carboxylic acids is 1. The van der Waals surface area contributed by atoms with E-state index in [1.165, 1.54) is 6.08 Å². The second kappa shape index (κ2) is 3.38. The van der Waals surface area contributed by atoms with Gasteiger partial charge in [-0.25, -0.2) is 4.79 Å². The highest BCUT2D eigenvalue weighted by atomic mass is 16.5. The molecule has 1 N–H and O–H groups in total. The maximum Gasteiger partial charge on any atom is 0.330 e. The Bertz CT molecular complexity index is 231. The molecule has 1 aliphatic heterocycles. The first-order valence-electron chi connectivity index (χ1n) is 3.70. The molecule has 12 heavy (non-hydrogen) atoms. The van der Waals surface area contributed by atoms with Crippen molar-refractivity contribution in [1.29, 1.82) is 0 Å². The third kappa shape index (κ3) is 2.08. The Hall–Kier alpha value is -1.32. The summed E-state index contributed by atoms with van der Waals surface area (Å²) >= 11 is 0. The van der Waals surface area contributed by atoms with E-state index in [9.17, 15) is 9.59 Å². The predicted molar refractivity (Wildman–Crippen MR) is 40.4 cm³/mol. The largest absolute Gasteiger partial charge is 0.481 e. The number of cyclic esters (lactones) is 1. The zero-order valence-electron chi connectivity index (χ0n) is 6.69. The van der Waals surface area contributed by atoms with Crippen LogP contribution in [0.15, 0.2) is 12.2 Å². The molecule has 0 amide bonds. The van der Waals surface area contributed by atoms with Crippen LogP contribution in [0.3, 0.4) is 0 Å². The topological polar surface area (TPSA) is 63.6 Å². The van der Waals surface area contributed by atoms with E-state index >= 15 is 0 Å². The van der Waals surface area contributed by atoms with Crippen molar-refractivity contribution in [3.8, 4) is 0 Å². The summed E-state index contributed by atoms with van der Waals surface area (Å²) in [5.74, 6) is -1.42. The summed E-state index contributed by atoms with van der Waals surface area (Å²) in [4.78, 5) is 21.0. The Labute approximate surface area is 69.8 Å². The van der Waals surface area contributed by atoms with Crippen molar-refractivity contribution >= 4 is 11.9 Å². The SMILES string of the molecule is C[C@@H]1C=CC(=O)OC1CC(=O)O. The Morgan fingerprint density at radius 1 is 1.75 bits per heavy atom. The maximum absolute atomic E-state index is 10.7. The van der Waals surface area contributed by atoms with E-state index in [-0.39, 0.29) is 12.3 Å². The molecule has 1 heterocycles. The lowest BCUT2D eigenvalue weighted by molar-refractivity contribution is -0.151. The van der Waals surface area contributed by atoms with E-state index in [1.54, 1.807) is 6.08 Å². The van der Waals surface area contributed by atoms with Gasteiger partial charge in [-0.3, -0.25) is 4.79 Å². The number of ether oxygens (including phenoxy) is 1. The Morgan fingerprint density at radius 3 is 3.00 bits per heavy atom. The molecule has 2 atom stereocenters. The second-order valence-corrected chi connectivity index (χ2v) is 2.79. The highest BCUT2D eigenvalue weighted by Crippen LogP contribution is 2.17. The van der Waals surface area contributed by atoms with Gasteiger partial charge in [-0.1, -0.05) is 13.0 Å². The fourth-order valence-electron chi connectivity index (χ4n) is 1.05. The third-order valence-corrected chi connectivity index (χ3v) is 1.77. The molecule has 0 aliphatic carbocycles. The highest BCUT2D eigenvalue weighted by Gasteiger charge is 2.25. The summed E-state index contributed by atoms with van der Waals surface area (Å²) < 4.78 is 4.80. The zero-order valence-corrected chi connectivity index (χ0v) is 6.69. The van der Waals surface area contributed by atoms with Gasteiger partial charge in [0.25, 0.3) is 0 Å². The van der Waals surface area contributed by atoms with Gasteiger partial charge in [0, 0.05) is 12.0 Å². The van der Waals surface area contributed by atoms with Gasteiger partial charge in [-0.15, -0.1) is 0 Å². The molecule has 0 aromatic heterocycles. The quantitative estimate of drug-likeness (QED) is 0.615. The number of hydrogen-bond acceptors (Lipinski definition) is 3. The number of esters is 1. The van der Waals surface area contributed by atoms with Crippen molar-refractivity contribution < 1.29 is 19.4 Å². The van der Waals surface area contributed by atoms with Crippen molar-refractivity contribution in [3.05, 3.63) is 12.2 Å². The smallest absolute Gasteiger partial charge is 0.330 e. The molecule has 0 aromatic carbocycles. The van der Waals surface area contributed by atoms with Gasteiger partial charge >= 0.3 is 11.9 Å². The molecular weight excluding hydrogens is 160 g/mol. The van der Waals surface area contributed by atoms with Gasteiger partial charge in [-0.05, 0) is 0 Å². The molecule has 1 unspecified atom stereocenters. The first kappa shape index (κ1) is 8.77. The van der Waals surface area contributed by atoms with Crippen LogP contribution in [0, 0.1) is 5.92 Å². The van der Waals surface area contributed by atoms with Crippen LogP contribution in [0.2, 0.25) is 0 Å². The van der Waals surface area contributed by atoms with Gasteiger partial charge in [-0.2, -0.15) is 0 Å². The lowest BCUT2D eigenvalue weighted by Crippen LogP contribution is -2.29. The molecule has 4 heteroatoms. The summed E-state index contributed by atoms with van der Waals surface area (Å²) in [7, 11) is 0. The van der Waals surface area contributed by atoms with Crippen LogP contribution in [-0.4, -0.2) is 23.1 Å². The molecule has 1 rings (SSSR count). The lowest BCUT2D eigenvalue weighted by Gasteiger charge is -2.22. The van der Waals surface area contributed by atoms with Crippen molar-refractivity contribution in [2.45, 2.75) is 19.4 Å². The van der Waals surface area contributed by atoms with E-state index in [0.717, 1.165) is 0 Å². The molecule has 4 nitrogen and oxygen atoms in total. The predicted octanol–water partition coefficient (Wildman–Crippen LogP) is 0.579. The van der Waals surface area contributed by atoms with Gasteiger partial charge in [0.15, 0.2) is 0 Å².